The van der Waals surface area contributed by atoms with Gasteiger partial charge in [0.2, 0.25) is 5.91 Å². The van der Waals surface area contributed by atoms with Crippen molar-refractivity contribution in [3.05, 3.63) is 12.2 Å². The second kappa shape index (κ2) is 27.6. The van der Waals surface area contributed by atoms with Gasteiger partial charge < -0.3 is 50.5 Å². The van der Waals surface area contributed by atoms with Crippen molar-refractivity contribution in [1.29, 1.82) is 0 Å². The highest BCUT2D eigenvalue weighted by molar-refractivity contribution is 5.80. The fourth-order valence-electron chi connectivity index (χ4n) is 5.86. The van der Waals surface area contributed by atoms with Crippen LogP contribution in [0.5, 0.6) is 0 Å². The molecule has 9 unspecified atom stereocenters. The lowest BCUT2D eigenvalue weighted by Gasteiger charge is -2.40. The van der Waals surface area contributed by atoms with Crippen LogP contribution in [0.1, 0.15) is 142 Å². The Morgan fingerprint density at radius 2 is 1.28 bits per heavy atom. The van der Waals surface area contributed by atoms with Crippen molar-refractivity contribution in [3.8, 4) is 0 Å². The number of rotatable bonds is 29. The molecule has 278 valence electrons. The molecule has 1 heterocycles. The van der Waals surface area contributed by atoms with Crippen LogP contribution in [0.25, 0.3) is 0 Å². The number of ether oxygens (including phenoxy) is 2. The third-order valence-corrected chi connectivity index (χ3v) is 9.05. The van der Waals surface area contributed by atoms with Gasteiger partial charge in [0.05, 0.1) is 25.4 Å². The van der Waals surface area contributed by atoms with Crippen molar-refractivity contribution in [2.24, 2.45) is 0 Å². The molecule has 1 fully saturated rings. The number of aliphatic hydroxyl groups is 7. The summed E-state index contributed by atoms with van der Waals surface area (Å²) in [4.78, 5) is 12.9. The zero-order chi connectivity index (χ0) is 34.9. The molecular formula is C36H69NO10. The molecule has 8 N–H and O–H groups in total. The standard InChI is InChI=1S/C36H69NO10/c1-3-5-7-9-11-12-13-14-15-16-17-18-20-22-24-29(40)35(45)37-27(31(41)28(39)23-21-19-10-8-6-4-2)26-46-36-34(44)33(43)32(42)30(25-38)47-36/h8,10,27-34,36,38-44H,3-7,9,11-26H2,1-2H3,(H,37,45)/b10-8+. The molecule has 0 spiro atoms. The van der Waals surface area contributed by atoms with Crippen molar-refractivity contribution in [3.63, 3.8) is 0 Å². The largest absolute Gasteiger partial charge is 0.394 e. The van der Waals surface area contributed by atoms with Crippen molar-refractivity contribution in [1.82, 2.24) is 5.32 Å². The maximum Gasteiger partial charge on any atom is 0.249 e. The number of unbranched alkanes of at least 4 members (excludes halogenated alkanes) is 15. The number of amides is 1. The van der Waals surface area contributed by atoms with Gasteiger partial charge in [-0.3, -0.25) is 4.79 Å². The lowest BCUT2D eigenvalue weighted by Crippen LogP contribution is -2.60. The first-order valence-electron chi connectivity index (χ1n) is 18.6. The van der Waals surface area contributed by atoms with Crippen LogP contribution in [0.15, 0.2) is 12.2 Å². The first kappa shape index (κ1) is 43.9. The molecule has 0 aromatic carbocycles. The van der Waals surface area contributed by atoms with Crippen LogP contribution in [-0.4, -0.2) is 110 Å². The quantitative estimate of drug-likeness (QED) is 0.0428. The van der Waals surface area contributed by atoms with Crippen LogP contribution >= 0.6 is 0 Å². The summed E-state index contributed by atoms with van der Waals surface area (Å²) in [6.45, 7) is 3.25. The first-order chi connectivity index (χ1) is 22.7. The molecule has 11 heteroatoms. The fourth-order valence-corrected chi connectivity index (χ4v) is 5.86. The molecule has 0 aromatic heterocycles. The Hall–Kier alpha value is -1.15. The third kappa shape index (κ3) is 19.0. The minimum atomic E-state index is -1.66. The molecule has 1 saturated heterocycles. The van der Waals surface area contributed by atoms with Crippen molar-refractivity contribution < 1.29 is 50.0 Å². The Kier molecular flexibility index (Phi) is 25.8. The van der Waals surface area contributed by atoms with E-state index in [-0.39, 0.29) is 12.8 Å². The number of carbonyl (C=O) groups excluding carboxylic acids is 1. The number of aliphatic hydroxyl groups excluding tert-OH is 7. The molecular weight excluding hydrogens is 606 g/mol. The Balaban J connectivity index is 2.53. The molecule has 9 atom stereocenters. The van der Waals surface area contributed by atoms with Gasteiger partial charge in [-0.25, -0.2) is 0 Å². The van der Waals surface area contributed by atoms with Crippen LogP contribution in [-0.2, 0) is 14.3 Å². The summed E-state index contributed by atoms with van der Waals surface area (Å²) < 4.78 is 11.0. The number of hydrogen-bond acceptors (Lipinski definition) is 10. The molecule has 0 aliphatic carbocycles. The van der Waals surface area contributed by atoms with Gasteiger partial charge in [-0.15, -0.1) is 0 Å². The molecule has 11 nitrogen and oxygen atoms in total. The Morgan fingerprint density at radius 1 is 0.723 bits per heavy atom. The third-order valence-electron chi connectivity index (χ3n) is 9.05. The van der Waals surface area contributed by atoms with Gasteiger partial charge in [-0.1, -0.05) is 122 Å². The van der Waals surface area contributed by atoms with Gasteiger partial charge in [-0.2, -0.15) is 0 Å². The number of hydrogen-bond donors (Lipinski definition) is 8. The first-order valence-corrected chi connectivity index (χ1v) is 18.6. The molecule has 1 rings (SSSR count). The fraction of sp³-hybridized carbons (Fsp3) is 0.917. The lowest BCUT2D eigenvalue weighted by molar-refractivity contribution is -0.303. The summed E-state index contributed by atoms with van der Waals surface area (Å²) >= 11 is 0. The van der Waals surface area contributed by atoms with Crippen LogP contribution < -0.4 is 5.32 Å². The molecule has 0 radical (unpaired) electrons. The maximum absolute atomic E-state index is 12.9. The van der Waals surface area contributed by atoms with E-state index in [1.54, 1.807) is 0 Å². The summed E-state index contributed by atoms with van der Waals surface area (Å²) in [5.74, 6) is -0.712. The average molecular weight is 676 g/mol. The van der Waals surface area contributed by atoms with Crippen LogP contribution in [0.4, 0.5) is 0 Å². The molecule has 1 amide bonds. The van der Waals surface area contributed by atoms with E-state index in [2.05, 4.69) is 25.2 Å². The monoisotopic (exact) mass is 675 g/mol. The van der Waals surface area contributed by atoms with E-state index in [1.165, 1.54) is 64.2 Å². The van der Waals surface area contributed by atoms with E-state index in [9.17, 15) is 40.5 Å². The SMILES string of the molecule is CCC/C=C/CCCC(O)C(O)C(COC1OC(CO)C(O)C(O)C1O)NC(=O)C(O)CCCCCCCCCCCCCCCC. The van der Waals surface area contributed by atoms with E-state index in [4.69, 9.17) is 9.47 Å². The zero-order valence-electron chi connectivity index (χ0n) is 29.3. The smallest absolute Gasteiger partial charge is 0.249 e. The van der Waals surface area contributed by atoms with Crippen LogP contribution in [0.2, 0.25) is 0 Å². The summed E-state index contributed by atoms with van der Waals surface area (Å²) in [7, 11) is 0. The highest BCUT2D eigenvalue weighted by atomic mass is 16.7. The summed E-state index contributed by atoms with van der Waals surface area (Å²) in [6, 6.07) is -1.17. The Labute approximate surface area is 283 Å². The van der Waals surface area contributed by atoms with Crippen LogP contribution in [0.3, 0.4) is 0 Å². The summed E-state index contributed by atoms with van der Waals surface area (Å²) in [5, 5.41) is 74.7. The number of allylic oxidation sites excluding steroid dienone is 2. The molecule has 0 aromatic rings. The van der Waals surface area contributed by atoms with Gasteiger partial charge >= 0.3 is 0 Å². The zero-order valence-corrected chi connectivity index (χ0v) is 29.3. The van der Waals surface area contributed by atoms with Crippen molar-refractivity contribution in [2.75, 3.05) is 13.2 Å². The van der Waals surface area contributed by atoms with Gasteiger partial charge in [-0.05, 0) is 32.1 Å². The molecule has 47 heavy (non-hydrogen) atoms. The molecule has 1 aliphatic heterocycles. The second-order valence-corrected chi connectivity index (χ2v) is 13.3. The minimum absolute atomic E-state index is 0.256. The molecule has 0 bridgehead atoms. The van der Waals surface area contributed by atoms with E-state index in [0.717, 1.165) is 38.5 Å². The van der Waals surface area contributed by atoms with Gasteiger partial charge in [0.25, 0.3) is 0 Å². The summed E-state index contributed by atoms with van der Waals surface area (Å²) in [6.07, 6.45) is 13.2. The second-order valence-electron chi connectivity index (χ2n) is 13.3. The average Bonchev–Trinajstić information content (AvgIpc) is 3.07. The van der Waals surface area contributed by atoms with E-state index < -0.39 is 74.2 Å². The Bertz CT molecular complexity index is 785. The van der Waals surface area contributed by atoms with Gasteiger partial charge in [0.1, 0.15) is 36.6 Å². The minimum Gasteiger partial charge on any atom is -0.394 e. The topological polar surface area (TPSA) is 189 Å². The predicted octanol–water partition coefficient (Wildman–Crippen LogP) is 3.77. The summed E-state index contributed by atoms with van der Waals surface area (Å²) in [5.41, 5.74) is 0. The van der Waals surface area contributed by atoms with Gasteiger partial charge in [0.15, 0.2) is 6.29 Å². The molecule has 0 saturated carbocycles. The van der Waals surface area contributed by atoms with E-state index in [0.29, 0.717) is 12.8 Å². The van der Waals surface area contributed by atoms with Gasteiger partial charge in [0, 0.05) is 0 Å². The Morgan fingerprint density at radius 3 is 1.83 bits per heavy atom. The van der Waals surface area contributed by atoms with E-state index >= 15 is 0 Å². The number of carbonyl (C=O) groups is 1. The van der Waals surface area contributed by atoms with Crippen LogP contribution in [0, 0.1) is 0 Å². The van der Waals surface area contributed by atoms with E-state index in [1.807, 2.05) is 6.08 Å². The highest BCUT2D eigenvalue weighted by Gasteiger charge is 2.44. The molecule has 1 aliphatic rings. The predicted molar refractivity (Wildman–Crippen MR) is 182 cm³/mol. The van der Waals surface area contributed by atoms with Crippen molar-refractivity contribution >= 4 is 5.91 Å². The van der Waals surface area contributed by atoms with Crippen molar-refractivity contribution in [2.45, 2.75) is 197 Å². The normalized spacial score (nSPS) is 24.3. The highest BCUT2D eigenvalue weighted by Crippen LogP contribution is 2.23. The maximum atomic E-state index is 12.9. The number of nitrogens with one attached hydrogen (secondary N) is 1. The lowest BCUT2D eigenvalue weighted by atomic mass is 9.98.